The molecule has 1 heterocycles. The van der Waals surface area contributed by atoms with Crippen molar-refractivity contribution < 1.29 is 4.79 Å². The summed E-state index contributed by atoms with van der Waals surface area (Å²) in [6.07, 6.45) is 0.805. The van der Waals surface area contributed by atoms with Crippen LogP contribution < -0.4 is 11.1 Å². The minimum atomic E-state index is -0.252. The average molecular weight is 258 g/mol. The van der Waals surface area contributed by atoms with E-state index < -0.39 is 0 Å². The van der Waals surface area contributed by atoms with E-state index in [1.54, 1.807) is 6.92 Å². The van der Waals surface area contributed by atoms with Crippen LogP contribution in [0.2, 0.25) is 0 Å². The molecule has 2 rings (SSSR count). The fourth-order valence-corrected chi connectivity index (χ4v) is 1.94. The standard InChI is InChI=1S/C14H18N4O/c1-3-11(10-7-5-4-6-8-10)16-14(19)13-12(15)9(2)17-18-13/h4-8,11H,3,15H2,1-2H3,(H,16,19)(H,17,18). The summed E-state index contributed by atoms with van der Waals surface area (Å²) in [7, 11) is 0. The number of anilines is 1. The van der Waals surface area contributed by atoms with Crippen molar-refractivity contribution in [1.29, 1.82) is 0 Å². The number of carbonyl (C=O) groups is 1. The number of nitrogens with zero attached hydrogens (tertiary/aromatic N) is 1. The van der Waals surface area contributed by atoms with Crippen molar-refractivity contribution in [2.45, 2.75) is 26.3 Å². The van der Waals surface area contributed by atoms with Gasteiger partial charge in [0, 0.05) is 0 Å². The number of nitrogens with one attached hydrogen (secondary N) is 2. The van der Waals surface area contributed by atoms with E-state index in [9.17, 15) is 4.79 Å². The summed E-state index contributed by atoms with van der Waals surface area (Å²) in [4.78, 5) is 12.1. The number of H-pyrrole nitrogens is 1. The Kier molecular flexibility index (Phi) is 3.85. The van der Waals surface area contributed by atoms with Gasteiger partial charge in [-0.3, -0.25) is 9.89 Å². The smallest absolute Gasteiger partial charge is 0.274 e. The van der Waals surface area contributed by atoms with Crippen molar-refractivity contribution >= 4 is 11.6 Å². The van der Waals surface area contributed by atoms with Gasteiger partial charge < -0.3 is 11.1 Å². The number of amides is 1. The fraction of sp³-hybridized carbons (Fsp3) is 0.286. The third kappa shape index (κ3) is 2.76. The van der Waals surface area contributed by atoms with E-state index in [0.717, 1.165) is 12.0 Å². The number of aromatic nitrogens is 2. The molecule has 0 saturated carbocycles. The molecule has 4 N–H and O–H groups in total. The molecule has 19 heavy (non-hydrogen) atoms. The normalized spacial score (nSPS) is 12.1. The Morgan fingerprint density at radius 1 is 1.42 bits per heavy atom. The number of hydrogen-bond donors (Lipinski definition) is 3. The van der Waals surface area contributed by atoms with Crippen molar-refractivity contribution in [1.82, 2.24) is 15.5 Å². The summed E-state index contributed by atoms with van der Waals surface area (Å²) in [5.41, 5.74) is 8.24. The van der Waals surface area contributed by atoms with Gasteiger partial charge in [0.25, 0.3) is 5.91 Å². The van der Waals surface area contributed by atoms with Gasteiger partial charge in [0.05, 0.1) is 17.4 Å². The number of rotatable bonds is 4. The third-order valence-corrected chi connectivity index (χ3v) is 3.13. The van der Waals surface area contributed by atoms with Gasteiger partial charge in [-0.15, -0.1) is 0 Å². The predicted octanol–water partition coefficient (Wildman–Crippen LogP) is 2.18. The Morgan fingerprint density at radius 2 is 2.11 bits per heavy atom. The Morgan fingerprint density at radius 3 is 2.63 bits per heavy atom. The van der Waals surface area contributed by atoms with Crippen LogP contribution in [-0.4, -0.2) is 16.1 Å². The Hall–Kier alpha value is -2.30. The number of carbonyl (C=O) groups excluding carboxylic acids is 1. The number of hydrogen-bond acceptors (Lipinski definition) is 3. The minimum absolute atomic E-state index is 0.0369. The molecule has 0 saturated heterocycles. The molecule has 1 unspecified atom stereocenters. The second-order valence-corrected chi connectivity index (χ2v) is 4.46. The maximum atomic E-state index is 12.1. The monoisotopic (exact) mass is 258 g/mol. The zero-order chi connectivity index (χ0) is 13.8. The lowest BCUT2D eigenvalue weighted by molar-refractivity contribution is 0.0931. The molecule has 1 atom stereocenters. The molecule has 1 aromatic heterocycles. The molecular weight excluding hydrogens is 240 g/mol. The summed E-state index contributed by atoms with van der Waals surface area (Å²) >= 11 is 0. The fourth-order valence-electron chi connectivity index (χ4n) is 1.94. The maximum absolute atomic E-state index is 12.1. The molecular formula is C14H18N4O. The summed E-state index contributed by atoms with van der Waals surface area (Å²) in [6.45, 7) is 3.81. The van der Waals surface area contributed by atoms with Gasteiger partial charge in [-0.05, 0) is 18.9 Å². The van der Waals surface area contributed by atoms with Crippen LogP contribution in [0.15, 0.2) is 30.3 Å². The average Bonchev–Trinajstić information content (AvgIpc) is 2.77. The molecule has 0 aliphatic rings. The molecule has 100 valence electrons. The summed E-state index contributed by atoms with van der Waals surface area (Å²) in [5, 5.41) is 9.60. The first kappa shape index (κ1) is 13.1. The van der Waals surface area contributed by atoms with Crippen LogP contribution in [0.4, 0.5) is 5.69 Å². The molecule has 0 fully saturated rings. The zero-order valence-electron chi connectivity index (χ0n) is 11.1. The number of aromatic amines is 1. The van der Waals surface area contributed by atoms with Gasteiger partial charge >= 0.3 is 0 Å². The van der Waals surface area contributed by atoms with Crippen LogP contribution >= 0.6 is 0 Å². The van der Waals surface area contributed by atoms with E-state index in [2.05, 4.69) is 15.5 Å². The van der Waals surface area contributed by atoms with E-state index in [-0.39, 0.29) is 17.6 Å². The molecule has 0 spiro atoms. The van der Waals surface area contributed by atoms with Gasteiger partial charge in [-0.2, -0.15) is 5.10 Å². The number of nitrogens with two attached hydrogens (primary N) is 1. The van der Waals surface area contributed by atoms with E-state index >= 15 is 0 Å². The molecule has 0 aliphatic heterocycles. The van der Waals surface area contributed by atoms with E-state index in [1.165, 1.54) is 0 Å². The Bertz CT molecular complexity index is 562. The highest BCUT2D eigenvalue weighted by Gasteiger charge is 2.19. The van der Waals surface area contributed by atoms with Gasteiger partial charge in [0.2, 0.25) is 0 Å². The first-order valence-electron chi connectivity index (χ1n) is 6.29. The lowest BCUT2D eigenvalue weighted by Crippen LogP contribution is -2.29. The van der Waals surface area contributed by atoms with Crippen LogP contribution in [0, 0.1) is 6.92 Å². The highest BCUT2D eigenvalue weighted by Crippen LogP contribution is 2.18. The van der Waals surface area contributed by atoms with Crippen molar-refractivity contribution in [3.8, 4) is 0 Å². The lowest BCUT2D eigenvalue weighted by atomic mass is 10.0. The Balaban J connectivity index is 2.15. The van der Waals surface area contributed by atoms with E-state index in [0.29, 0.717) is 11.4 Å². The Labute approximate surface area is 112 Å². The first-order chi connectivity index (χ1) is 9.13. The number of aryl methyl sites for hydroxylation is 1. The van der Waals surface area contributed by atoms with Gasteiger partial charge in [-0.25, -0.2) is 0 Å². The second-order valence-electron chi connectivity index (χ2n) is 4.46. The number of nitrogen functional groups attached to an aromatic ring is 1. The molecule has 1 amide bonds. The molecule has 2 aromatic rings. The third-order valence-electron chi connectivity index (χ3n) is 3.13. The molecule has 5 nitrogen and oxygen atoms in total. The number of benzene rings is 1. The van der Waals surface area contributed by atoms with Crippen LogP contribution in [0.1, 0.15) is 41.1 Å². The van der Waals surface area contributed by atoms with E-state index in [1.807, 2.05) is 37.3 Å². The molecule has 5 heteroatoms. The van der Waals surface area contributed by atoms with Crippen molar-refractivity contribution in [3.05, 3.63) is 47.3 Å². The van der Waals surface area contributed by atoms with Crippen LogP contribution in [0.25, 0.3) is 0 Å². The van der Waals surface area contributed by atoms with Crippen LogP contribution in [-0.2, 0) is 0 Å². The van der Waals surface area contributed by atoms with Gasteiger partial charge in [0.1, 0.15) is 0 Å². The quantitative estimate of drug-likeness (QED) is 0.786. The summed E-state index contributed by atoms with van der Waals surface area (Å²) in [6, 6.07) is 9.81. The van der Waals surface area contributed by atoms with Gasteiger partial charge in [0.15, 0.2) is 5.69 Å². The van der Waals surface area contributed by atoms with Crippen molar-refractivity contribution in [2.24, 2.45) is 0 Å². The van der Waals surface area contributed by atoms with Crippen LogP contribution in [0.5, 0.6) is 0 Å². The maximum Gasteiger partial charge on any atom is 0.274 e. The minimum Gasteiger partial charge on any atom is -0.395 e. The second kappa shape index (κ2) is 5.56. The largest absolute Gasteiger partial charge is 0.395 e. The van der Waals surface area contributed by atoms with Gasteiger partial charge in [-0.1, -0.05) is 37.3 Å². The lowest BCUT2D eigenvalue weighted by Gasteiger charge is -2.16. The summed E-state index contributed by atoms with van der Waals surface area (Å²) in [5.74, 6) is -0.252. The topological polar surface area (TPSA) is 83.8 Å². The zero-order valence-corrected chi connectivity index (χ0v) is 11.1. The molecule has 0 bridgehead atoms. The predicted molar refractivity (Wildman–Crippen MR) is 74.7 cm³/mol. The SMILES string of the molecule is CCC(NC(=O)c1n[nH]c(C)c1N)c1ccccc1. The summed E-state index contributed by atoms with van der Waals surface area (Å²) < 4.78 is 0. The van der Waals surface area contributed by atoms with Crippen LogP contribution in [0.3, 0.4) is 0 Å². The molecule has 1 aromatic carbocycles. The highest BCUT2D eigenvalue weighted by atomic mass is 16.2. The van der Waals surface area contributed by atoms with E-state index in [4.69, 9.17) is 5.73 Å². The highest BCUT2D eigenvalue weighted by molar-refractivity contribution is 5.97. The molecule has 0 aliphatic carbocycles. The van der Waals surface area contributed by atoms with Crippen molar-refractivity contribution in [3.63, 3.8) is 0 Å². The first-order valence-corrected chi connectivity index (χ1v) is 6.29. The van der Waals surface area contributed by atoms with Crippen molar-refractivity contribution in [2.75, 3.05) is 5.73 Å². The molecule has 0 radical (unpaired) electrons.